The summed E-state index contributed by atoms with van der Waals surface area (Å²) in [6.45, 7) is 4.23. The highest BCUT2D eigenvalue weighted by Gasteiger charge is 2.38. The van der Waals surface area contributed by atoms with Crippen LogP contribution in [0.5, 0.6) is 0 Å². The van der Waals surface area contributed by atoms with E-state index in [1.54, 1.807) is 36.1 Å². The fraction of sp³-hybridized carbons (Fsp3) is 0.500. The van der Waals surface area contributed by atoms with Crippen LogP contribution in [0.15, 0.2) is 28.8 Å². The van der Waals surface area contributed by atoms with Gasteiger partial charge in [0.25, 0.3) is 0 Å². The minimum Gasteiger partial charge on any atom is -0.338 e. The van der Waals surface area contributed by atoms with Crippen LogP contribution in [0.25, 0.3) is 11.4 Å². The maximum absolute atomic E-state index is 12.8. The van der Waals surface area contributed by atoms with Gasteiger partial charge in [-0.3, -0.25) is 4.79 Å². The Kier molecular flexibility index (Phi) is 6.04. The van der Waals surface area contributed by atoms with E-state index in [2.05, 4.69) is 14.7 Å². The van der Waals surface area contributed by atoms with Crippen molar-refractivity contribution in [1.82, 2.24) is 15.0 Å². The Morgan fingerprint density at radius 1 is 1.24 bits per heavy atom. The average molecular weight is 409 g/mol. The van der Waals surface area contributed by atoms with Crippen LogP contribution in [0.2, 0.25) is 0 Å². The van der Waals surface area contributed by atoms with Crippen molar-refractivity contribution < 1.29 is 27.3 Å². The molecule has 9 heteroatoms. The standard InChI is InChI=1S/C20H22F3N3O3/c1-12(9-13(2)27)18(28)26(10-14-3-4-14)11-15-5-7-16(8-6-15)17-24-19(29-25-17)20(21,22)23/h5-8,12,14H,3-4,9-11H2,1-2H3. The van der Waals surface area contributed by atoms with Crippen LogP contribution in [0, 0.1) is 11.8 Å². The molecule has 1 heterocycles. The normalized spacial score (nSPS) is 15.2. The predicted molar refractivity (Wildman–Crippen MR) is 97.3 cm³/mol. The number of halogens is 3. The zero-order valence-corrected chi connectivity index (χ0v) is 16.2. The third-order valence-corrected chi connectivity index (χ3v) is 4.76. The van der Waals surface area contributed by atoms with Gasteiger partial charge in [-0.05, 0) is 31.2 Å². The number of rotatable bonds is 8. The number of Topliss-reactive ketones (excluding diaryl/α,β-unsaturated/α-hetero) is 1. The molecule has 1 amide bonds. The lowest BCUT2D eigenvalue weighted by atomic mass is 10.0. The van der Waals surface area contributed by atoms with Crippen LogP contribution in [-0.4, -0.2) is 33.3 Å². The van der Waals surface area contributed by atoms with Crippen LogP contribution in [0.3, 0.4) is 0 Å². The quantitative estimate of drug-likeness (QED) is 0.656. The number of hydrogen-bond donors (Lipinski definition) is 0. The van der Waals surface area contributed by atoms with E-state index in [9.17, 15) is 22.8 Å². The molecule has 6 nitrogen and oxygen atoms in total. The summed E-state index contributed by atoms with van der Waals surface area (Å²) in [6.07, 6.45) is -2.31. The van der Waals surface area contributed by atoms with E-state index in [4.69, 9.17) is 0 Å². The molecule has 0 spiro atoms. The molecule has 29 heavy (non-hydrogen) atoms. The summed E-state index contributed by atoms with van der Waals surface area (Å²) in [5.41, 5.74) is 1.22. The number of nitrogens with zero attached hydrogens (tertiary/aromatic N) is 3. The van der Waals surface area contributed by atoms with E-state index in [1.165, 1.54) is 6.92 Å². The van der Waals surface area contributed by atoms with Gasteiger partial charge in [-0.25, -0.2) is 0 Å². The van der Waals surface area contributed by atoms with Crippen molar-refractivity contribution in [2.24, 2.45) is 11.8 Å². The minimum atomic E-state index is -4.69. The van der Waals surface area contributed by atoms with Gasteiger partial charge in [-0.2, -0.15) is 18.2 Å². The highest BCUT2D eigenvalue weighted by atomic mass is 19.4. The number of amides is 1. The van der Waals surface area contributed by atoms with Gasteiger partial charge in [0.2, 0.25) is 11.7 Å². The summed E-state index contributed by atoms with van der Waals surface area (Å²) in [4.78, 5) is 29.2. The number of benzene rings is 1. The van der Waals surface area contributed by atoms with Crippen molar-refractivity contribution >= 4 is 11.7 Å². The molecule has 0 saturated heterocycles. The van der Waals surface area contributed by atoms with Crippen molar-refractivity contribution in [3.8, 4) is 11.4 Å². The van der Waals surface area contributed by atoms with Crippen molar-refractivity contribution in [3.05, 3.63) is 35.7 Å². The average Bonchev–Trinajstić information content (AvgIpc) is 3.30. The van der Waals surface area contributed by atoms with Crippen molar-refractivity contribution in [3.63, 3.8) is 0 Å². The molecular formula is C20H22F3N3O3. The second-order valence-electron chi connectivity index (χ2n) is 7.59. The summed E-state index contributed by atoms with van der Waals surface area (Å²) >= 11 is 0. The summed E-state index contributed by atoms with van der Waals surface area (Å²) in [7, 11) is 0. The van der Waals surface area contributed by atoms with Gasteiger partial charge in [-0.1, -0.05) is 36.3 Å². The summed E-state index contributed by atoms with van der Waals surface area (Å²) in [6, 6.07) is 6.64. The highest BCUT2D eigenvalue weighted by Crippen LogP contribution is 2.31. The lowest BCUT2D eigenvalue weighted by molar-refractivity contribution is -0.159. The van der Waals surface area contributed by atoms with Crippen molar-refractivity contribution in [1.29, 1.82) is 0 Å². The molecule has 0 aliphatic heterocycles. The minimum absolute atomic E-state index is 0.0279. The van der Waals surface area contributed by atoms with E-state index in [-0.39, 0.29) is 29.9 Å². The first-order valence-electron chi connectivity index (χ1n) is 9.42. The predicted octanol–water partition coefficient (Wildman–Crippen LogP) is 4.11. The van der Waals surface area contributed by atoms with E-state index in [1.807, 2.05) is 0 Å². The Balaban J connectivity index is 1.70. The Bertz CT molecular complexity index is 873. The topological polar surface area (TPSA) is 76.3 Å². The first-order chi connectivity index (χ1) is 13.6. The molecule has 156 valence electrons. The molecule has 0 bridgehead atoms. The van der Waals surface area contributed by atoms with Gasteiger partial charge in [0.1, 0.15) is 5.78 Å². The van der Waals surface area contributed by atoms with E-state index < -0.39 is 12.1 Å². The van der Waals surface area contributed by atoms with E-state index in [0.29, 0.717) is 24.6 Å². The molecular weight excluding hydrogens is 387 g/mol. The van der Waals surface area contributed by atoms with Crippen LogP contribution in [0.1, 0.15) is 44.6 Å². The second-order valence-corrected chi connectivity index (χ2v) is 7.59. The second kappa shape index (κ2) is 8.34. The lowest BCUT2D eigenvalue weighted by Gasteiger charge is -2.26. The molecule has 0 radical (unpaired) electrons. The third-order valence-electron chi connectivity index (χ3n) is 4.76. The summed E-state index contributed by atoms with van der Waals surface area (Å²) in [5, 5.41) is 3.37. The number of carbonyl (C=O) groups is 2. The summed E-state index contributed by atoms with van der Waals surface area (Å²) < 4.78 is 42.0. The lowest BCUT2D eigenvalue weighted by Crippen LogP contribution is -2.36. The van der Waals surface area contributed by atoms with Crippen LogP contribution in [0.4, 0.5) is 13.2 Å². The number of aromatic nitrogens is 2. The Morgan fingerprint density at radius 2 is 1.90 bits per heavy atom. The van der Waals surface area contributed by atoms with Gasteiger partial charge >= 0.3 is 12.1 Å². The molecule has 1 aliphatic rings. The molecule has 3 rings (SSSR count). The fourth-order valence-corrected chi connectivity index (χ4v) is 3.11. The van der Waals surface area contributed by atoms with Gasteiger partial charge in [0.15, 0.2) is 0 Å². The SMILES string of the molecule is CC(=O)CC(C)C(=O)N(Cc1ccc(-c2noc(C(F)(F)F)n2)cc1)CC1CC1. The van der Waals surface area contributed by atoms with Crippen molar-refractivity contribution in [2.75, 3.05) is 6.54 Å². The third kappa shape index (κ3) is 5.65. The van der Waals surface area contributed by atoms with Gasteiger partial charge in [-0.15, -0.1) is 0 Å². The largest absolute Gasteiger partial charge is 0.471 e. The zero-order valence-electron chi connectivity index (χ0n) is 16.2. The molecule has 1 aromatic heterocycles. The molecule has 1 saturated carbocycles. The number of ketones is 1. The van der Waals surface area contributed by atoms with Crippen LogP contribution in [-0.2, 0) is 22.3 Å². The fourth-order valence-electron chi connectivity index (χ4n) is 3.11. The first kappa shape index (κ1) is 21.0. The smallest absolute Gasteiger partial charge is 0.338 e. The highest BCUT2D eigenvalue weighted by molar-refractivity contribution is 5.85. The number of hydrogen-bond acceptors (Lipinski definition) is 5. The first-order valence-corrected chi connectivity index (χ1v) is 9.42. The van der Waals surface area contributed by atoms with Crippen molar-refractivity contribution in [2.45, 2.75) is 45.8 Å². The maximum Gasteiger partial charge on any atom is 0.471 e. The zero-order chi connectivity index (χ0) is 21.2. The Labute approximate surface area is 166 Å². The van der Waals surface area contributed by atoms with Crippen LogP contribution < -0.4 is 0 Å². The molecule has 1 aliphatic carbocycles. The molecule has 1 unspecified atom stereocenters. The van der Waals surface area contributed by atoms with Gasteiger partial charge in [0, 0.05) is 31.0 Å². The monoisotopic (exact) mass is 409 g/mol. The summed E-state index contributed by atoms with van der Waals surface area (Å²) in [5.74, 6) is -1.53. The molecule has 0 N–H and O–H groups in total. The molecule has 1 fully saturated rings. The Hall–Kier alpha value is -2.71. The number of alkyl halides is 3. The van der Waals surface area contributed by atoms with Crippen LogP contribution >= 0.6 is 0 Å². The molecule has 1 atom stereocenters. The van der Waals surface area contributed by atoms with Gasteiger partial charge in [0.05, 0.1) is 0 Å². The Morgan fingerprint density at radius 3 is 2.41 bits per heavy atom. The molecule has 1 aromatic carbocycles. The number of carbonyl (C=O) groups excluding carboxylic acids is 2. The van der Waals surface area contributed by atoms with E-state index in [0.717, 1.165) is 18.4 Å². The van der Waals surface area contributed by atoms with E-state index >= 15 is 0 Å². The molecule has 2 aromatic rings. The van der Waals surface area contributed by atoms with Gasteiger partial charge < -0.3 is 14.2 Å². The maximum atomic E-state index is 12.8.